The first-order valence-electron chi connectivity index (χ1n) is 6.88. The number of anilines is 1. The van der Waals surface area contributed by atoms with E-state index >= 15 is 0 Å². The summed E-state index contributed by atoms with van der Waals surface area (Å²) in [7, 11) is -2.38. The number of pyridine rings is 1. The van der Waals surface area contributed by atoms with Gasteiger partial charge in [0, 0.05) is 5.69 Å². The molecule has 1 aliphatic carbocycles. The topological polar surface area (TPSA) is 85.4 Å². The number of carbonyl (C=O) groups excluding carboxylic acids is 1. The number of rotatable bonds is 4. The summed E-state index contributed by atoms with van der Waals surface area (Å²) in [4.78, 5) is 15.9. The monoisotopic (exact) mass is 312 g/mol. The van der Waals surface area contributed by atoms with Gasteiger partial charge in [0.15, 0.2) is 0 Å². The maximum Gasteiger partial charge on any atom is 0.310 e. The molecule has 6 nitrogen and oxygen atoms in total. The second kappa shape index (κ2) is 6.01. The van der Waals surface area contributed by atoms with Crippen molar-refractivity contribution in [3.05, 3.63) is 23.4 Å². The third-order valence-electron chi connectivity index (χ3n) is 3.70. The van der Waals surface area contributed by atoms with Crippen LogP contribution in [-0.4, -0.2) is 31.7 Å². The normalized spacial score (nSPS) is 22.0. The summed E-state index contributed by atoms with van der Waals surface area (Å²) in [6, 6.07) is 3.54. The van der Waals surface area contributed by atoms with Crippen LogP contribution in [0.25, 0.3) is 0 Å². The van der Waals surface area contributed by atoms with Crippen LogP contribution in [-0.2, 0) is 19.6 Å². The third kappa shape index (κ3) is 3.53. The van der Waals surface area contributed by atoms with Crippen LogP contribution < -0.4 is 4.72 Å². The van der Waals surface area contributed by atoms with Crippen LogP contribution >= 0.6 is 0 Å². The van der Waals surface area contributed by atoms with Gasteiger partial charge in [-0.2, -0.15) is 0 Å². The zero-order chi connectivity index (χ0) is 15.6. The van der Waals surface area contributed by atoms with Crippen molar-refractivity contribution in [1.82, 2.24) is 4.98 Å². The van der Waals surface area contributed by atoms with Gasteiger partial charge in [-0.05, 0) is 44.4 Å². The lowest BCUT2D eigenvalue weighted by Gasteiger charge is -2.19. The highest BCUT2D eigenvalue weighted by Crippen LogP contribution is 2.32. The van der Waals surface area contributed by atoms with Gasteiger partial charge in [-0.1, -0.05) is 6.42 Å². The zero-order valence-electron chi connectivity index (χ0n) is 12.4. The van der Waals surface area contributed by atoms with E-state index in [9.17, 15) is 13.2 Å². The largest absolute Gasteiger partial charge is 0.469 e. The summed E-state index contributed by atoms with van der Waals surface area (Å²) in [6.07, 6.45) is 1.70. The summed E-state index contributed by atoms with van der Waals surface area (Å²) < 4.78 is 32.2. The number of nitrogens with one attached hydrogen (secondary N) is 1. The molecule has 1 aromatic rings. The van der Waals surface area contributed by atoms with E-state index in [0.29, 0.717) is 25.1 Å². The molecule has 7 heteroatoms. The molecule has 1 fully saturated rings. The molecule has 1 N–H and O–H groups in total. The molecule has 0 radical (unpaired) electrons. The Bertz CT molecular complexity index is 622. The number of hydrogen-bond acceptors (Lipinski definition) is 5. The van der Waals surface area contributed by atoms with Crippen LogP contribution in [0.5, 0.6) is 0 Å². The molecule has 1 aromatic heterocycles. The molecular weight excluding hydrogens is 292 g/mol. The minimum atomic E-state index is -3.66. The van der Waals surface area contributed by atoms with Gasteiger partial charge in [0.25, 0.3) is 0 Å². The number of aromatic nitrogens is 1. The van der Waals surface area contributed by atoms with E-state index in [1.54, 1.807) is 13.0 Å². The Hall–Kier alpha value is -1.63. The van der Waals surface area contributed by atoms with Crippen LogP contribution in [0.2, 0.25) is 0 Å². The van der Waals surface area contributed by atoms with Gasteiger partial charge in [0.1, 0.15) is 5.82 Å². The molecule has 21 heavy (non-hydrogen) atoms. The van der Waals surface area contributed by atoms with Gasteiger partial charge in [-0.15, -0.1) is 0 Å². The van der Waals surface area contributed by atoms with E-state index in [1.165, 1.54) is 7.11 Å². The summed E-state index contributed by atoms with van der Waals surface area (Å²) in [5, 5.41) is -0.757. The minimum Gasteiger partial charge on any atom is -0.469 e. The molecule has 1 heterocycles. The van der Waals surface area contributed by atoms with E-state index in [4.69, 9.17) is 4.74 Å². The van der Waals surface area contributed by atoms with Crippen molar-refractivity contribution >= 4 is 21.8 Å². The van der Waals surface area contributed by atoms with Crippen LogP contribution in [0.1, 0.15) is 30.5 Å². The number of hydrogen-bond donors (Lipinski definition) is 1. The van der Waals surface area contributed by atoms with Gasteiger partial charge in [-0.25, -0.2) is 13.4 Å². The Morgan fingerprint density at radius 3 is 2.67 bits per heavy atom. The molecule has 2 rings (SSSR count). The molecule has 2 unspecified atom stereocenters. The van der Waals surface area contributed by atoms with Gasteiger partial charge < -0.3 is 4.74 Å². The number of nitrogens with zero attached hydrogens (tertiary/aromatic N) is 1. The molecule has 2 atom stereocenters. The number of carbonyl (C=O) groups is 1. The van der Waals surface area contributed by atoms with E-state index in [1.807, 2.05) is 13.0 Å². The number of aryl methyl sites for hydroxylation is 2. The van der Waals surface area contributed by atoms with Crippen molar-refractivity contribution in [1.29, 1.82) is 0 Å². The molecule has 0 saturated heterocycles. The highest BCUT2D eigenvalue weighted by Gasteiger charge is 2.42. The van der Waals surface area contributed by atoms with Gasteiger partial charge in [-0.3, -0.25) is 9.52 Å². The van der Waals surface area contributed by atoms with Crippen molar-refractivity contribution in [3.8, 4) is 0 Å². The average molecular weight is 312 g/mol. The van der Waals surface area contributed by atoms with Gasteiger partial charge in [0.2, 0.25) is 10.0 Å². The fourth-order valence-electron chi connectivity index (χ4n) is 2.83. The smallest absolute Gasteiger partial charge is 0.310 e. The van der Waals surface area contributed by atoms with Gasteiger partial charge >= 0.3 is 5.97 Å². The Labute approximate surface area is 125 Å². The molecule has 0 aromatic carbocycles. The van der Waals surface area contributed by atoms with Gasteiger partial charge in [0.05, 0.1) is 18.3 Å². The Morgan fingerprint density at radius 2 is 2.05 bits per heavy atom. The highest BCUT2D eigenvalue weighted by atomic mass is 32.2. The number of sulfonamides is 1. The van der Waals surface area contributed by atoms with Crippen molar-refractivity contribution in [3.63, 3.8) is 0 Å². The molecule has 1 aliphatic rings. The summed E-state index contributed by atoms with van der Waals surface area (Å²) in [6.45, 7) is 3.68. The molecule has 0 amide bonds. The summed E-state index contributed by atoms with van der Waals surface area (Å²) in [5.74, 6) is -0.766. The summed E-state index contributed by atoms with van der Waals surface area (Å²) in [5.41, 5.74) is 1.67. The van der Waals surface area contributed by atoms with Crippen molar-refractivity contribution in [2.75, 3.05) is 11.8 Å². The lowest BCUT2D eigenvalue weighted by atomic mass is 10.1. The second-order valence-corrected chi connectivity index (χ2v) is 7.32. The SMILES string of the molecule is COC(=O)C1CCCC1S(=O)(=O)Nc1cc(C)cc(C)n1. The zero-order valence-corrected chi connectivity index (χ0v) is 13.2. The van der Waals surface area contributed by atoms with E-state index in [2.05, 4.69) is 9.71 Å². The van der Waals surface area contributed by atoms with Crippen LogP contribution in [0.4, 0.5) is 5.82 Å². The molecule has 1 saturated carbocycles. The molecule has 116 valence electrons. The van der Waals surface area contributed by atoms with E-state index in [-0.39, 0.29) is 0 Å². The number of ether oxygens (including phenoxy) is 1. The minimum absolute atomic E-state index is 0.294. The Balaban J connectivity index is 2.23. The van der Waals surface area contributed by atoms with E-state index in [0.717, 1.165) is 11.3 Å². The van der Waals surface area contributed by atoms with Crippen LogP contribution in [0, 0.1) is 19.8 Å². The maximum absolute atomic E-state index is 12.5. The second-order valence-electron chi connectivity index (χ2n) is 5.42. The lowest BCUT2D eigenvalue weighted by molar-refractivity contribution is -0.145. The first-order valence-corrected chi connectivity index (χ1v) is 8.43. The standard InChI is InChI=1S/C14H20N2O4S/c1-9-7-10(2)15-13(8-9)16-21(18,19)12-6-4-5-11(12)14(17)20-3/h7-8,11-12H,4-6H2,1-3H3,(H,15,16). The molecule has 0 spiro atoms. The average Bonchev–Trinajstić information content (AvgIpc) is 2.85. The Kier molecular flexibility index (Phi) is 4.51. The van der Waals surface area contributed by atoms with Crippen LogP contribution in [0.15, 0.2) is 12.1 Å². The van der Waals surface area contributed by atoms with Crippen molar-refractivity contribution in [2.24, 2.45) is 5.92 Å². The third-order valence-corrected chi connectivity index (χ3v) is 5.55. The highest BCUT2D eigenvalue weighted by molar-refractivity contribution is 7.93. The van der Waals surface area contributed by atoms with E-state index < -0.39 is 27.2 Å². The fraction of sp³-hybridized carbons (Fsp3) is 0.571. The molecule has 0 aliphatic heterocycles. The van der Waals surface area contributed by atoms with Crippen molar-refractivity contribution in [2.45, 2.75) is 38.4 Å². The lowest BCUT2D eigenvalue weighted by Crippen LogP contribution is -2.35. The molecule has 0 bridgehead atoms. The first kappa shape index (κ1) is 15.8. The van der Waals surface area contributed by atoms with Crippen molar-refractivity contribution < 1.29 is 17.9 Å². The fourth-order valence-corrected chi connectivity index (χ4v) is 4.54. The predicted octanol–water partition coefficient (Wildman–Crippen LogP) is 1.78. The Morgan fingerprint density at radius 1 is 1.33 bits per heavy atom. The van der Waals surface area contributed by atoms with Crippen LogP contribution in [0.3, 0.4) is 0 Å². The predicted molar refractivity (Wildman–Crippen MR) is 79.4 cm³/mol. The summed E-state index contributed by atoms with van der Waals surface area (Å²) >= 11 is 0. The number of methoxy groups -OCH3 is 1. The quantitative estimate of drug-likeness (QED) is 0.857. The number of esters is 1. The maximum atomic E-state index is 12.5. The first-order chi connectivity index (χ1) is 9.83. The molecular formula is C14H20N2O4S.